The van der Waals surface area contributed by atoms with Crippen LogP contribution in [0.5, 0.6) is 0 Å². The molecule has 4 aromatic rings. The molecular formula is C25H22N2O5S. The number of nitrogens with one attached hydrogen (secondary N) is 1. The summed E-state index contributed by atoms with van der Waals surface area (Å²) in [6.07, 6.45) is 1.04. The van der Waals surface area contributed by atoms with Crippen LogP contribution in [-0.4, -0.2) is 45.1 Å². The van der Waals surface area contributed by atoms with Crippen LogP contribution in [0.1, 0.15) is 20.7 Å². The fourth-order valence-corrected chi connectivity index (χ4v) is 4.15. The molecule has 3 aromatic carbocycles. The van der Waals surface area contributed by atoms with Crippen molar-refractivity contribution in [3.8, 4) is 11.3 Å². The number of anilines is 1. The summed E-state index contributed by atoms with van der Waals surface area (Å²) in [5, 5.41) is 0.731. The predicted octanol–water partition coefficient (Wildman–Crippen LogP) is 4.27. The number of ether oxygens (including phenoxy) is 1. The Balaban J connectivity index is 1.63. The van der Waals surface area contributed by atoms with Gasteiger partial charge in [-0.2, -0.15) is 0 Å². The number of aromatic nitrogens is 1. The minimum atomic E-state index is -3.58. The number of fused-ring (bicyclic) bond motifs is 1. The quantitative estimate of drug-likeness (QED) is 0.327. The molecule has 1 N–H and O–H groups in total. The van der Waals surface area contributed by atoms with Crippen LogP contribution in [0, 0.1) is 0 Å². The molecule has 4 rings (SSSR count). The first-order valence-corrected chi connectivity index (χ1v) is 12.0. The Morgan fingerprint density at radius 2 is 1.55 bits per heavy atom. The first kappa shape index (κ1) is 22.3. The van der Waals surface area contributed by atoms with Crippen molar-refractivity contribution in [2.75, 3.05) is 24.2 Å². The number of carbonyl (C=O) groups is 2. The molecule has 0 spiro atoms. The van der Waals surface area contributed by atoms with Crippen LogP contribution in [0.4, 0.5) is 5.69 Å². The number of hydrogen-bond acceptors (Lipinski definition) is 5. The summed E-state index contributed by atoms with van der Waals surface area (Å²) < 4.78 is 30.2. The van der Waals surface area contributed by atoms with Crippen molar-refractivity contribution < 1.29 is 22.7 Å². The number of para-hydroxylation sites is 2. The van der Waals surface area contributed by atoms with Gasteiger partial charge >= 0.3 is 5.97 Å². The molecule has 0 aliphatic rings. The normalized spacial score (nSPS) is 11.3. The van der Waals surface area contributed by atoms with E-state index < -0.39 is 22.6 Å². The van der Waals surface area contributed by atoms with Crippen LogP contribution in [0.15, 0.2) is 78.9 Å². The van der Waals surface area contributed by atoms with Crippen LogP contribution in [0.2, 0.25) is 0 Å². The van der Waals surface area contributed by atoms with Crippen LogP contribution in [0.25, 0.3) is 22.2 Å². The molecule has 0 radical (unpaired) electrons. The van der Waals surface area contributed by atoms with Gasteiger partial charge in [0.25, 0.3) is 0 Å². The van der Waals surface area contributed by atoms with Crippen LogP contribution < -0.4 is 4.31 Å². The second-order valence-corrected chi connectivity index (χ2v) is 9.55. The summed E-state index contributed by atoms with van der Waals surface area (Å²) >= 11 is 0. The molecule has 33 heavy (non-hydrogen) atoms. The highest BCUT2D eigenvalue weighted by Gasteiger charge is 2.23. The zero-order valence-corrected chi connectivity index (χ0v) is 18.9. The fourth-order valence-electron chi connectivity index (χ4n) is 3.63. The fraction of sp³-hybridized carbons (Fsp3) is 0.120. The lowest BCUT2D eigenvalue weighted by Crippen LogP contribution is -2.27. The van der Waals surface area contributed by atoms with Crippen molar-refractivity contribution in [2.24, 2.45) is 0 Å². The molecule has 8 heteroatoms. The van der Waals surface area contributed by atoms with Gasteiger partial charge in [0.1, 0.15) is 0 Å². The second kappa shape index (κ2) is 8.91. The van der Waals surface area contributed by atoms with Gasteiger partial charge in [0.15, 0.2) is 6.61 Å². The van der Waals surface area contributed by atoms with E-state index in [1.165, 1.54) is 19.2 Å². The van der Waals surface area contributed by atoms with Gasteiger partial charge in [0, 0.05) is 18.0 Å². The zero-order chi connectivity index (χ0) is 23.6. The number of nitrogens with zero attached hydrogens (tertiary/aromatic N) is 1. The molecule has 0 unspecified atom stereocenters. The van der Waals surface area contributed by atoms with Gasteiger partial charge in [-0.3, -0.25) is 9.10 Å². The molecule has 0 atom stereocenters. The van der Waals surface area contributed by atoms with Gasteiger partial charge < -0.3 is 9.72 Å². The van der Waals surface area contributed by atoms with E-state index in [2.05, 4.69) is 4.98 Å². The minimum Gasteiger partial charge on any atom is -0.454 e. The molecule has 0 aliphatic carbocycles. The number of rotatable bonds is 7. The second-order valence-electron chi connectivity index (χ2n) is 7.53. The Morgan fingerprint density at radius 3 is 2.27 bits per heavy atom. The van der Waals surface area contributed by atoms with Crippen LogP contribution >= 0.6 is 0 Å². The highest BCUT2D eigenvalue weighted by molar-refractivity contribution is 7.92. The molecule has 7 nitrogen and oxygen atoms in total. The molecule has 0 saturated heterocycles. The Bertz CT molecular complexity index is 1440. The lowest BCUT2D eigenvalue weighted by molar-refractivity contribution is 0.0476. The first-order chi connectivity index (χ1) is 15.8. The number of benzene rings is 3. The largest absolute Gasteiger partial charge is 0.454 e. The lowest BCUT2D eigenvalue weighted by Gasteiger charge is -2.19. The maximum atomic E-state index is 13.2. The van der Waals surface area contributed by atoms with Gasteiger partial charge in [-0.05, 0) is 23.8 Å². The molecule has 0 amide bonds. The van der Waals surface area contributed by atoms with E-state index in [9.17, 15) is 18.0 Å². The molecule has 168 valence electrons. The summed E-state index contributed by atoms with van der Waals surface area (Å²) in [6, 6.07) is 23.1. The van der Waals surface area contributed by atoms with Gasteiger partial charge in [0.05, 0.1) is 28.8 Å². The number of sulfonamides is 1. The molecule has 0 aliphatic heterocycles. The van der Waals surface area contributed by atoms with E-state index in [0.29, 0.717) is 11.3 Å². The van der Waals surface area contributed by atoms with E-state index in [1.54, 1.807) is 12.1 Å². The number of Topliss-reactive ketones (excluding diaryl/α,β-unsaturated/α-hetero) is 1. The third kappa shape index (κ3) is 4.51. The number of hydrogen-bond donors (Lipinski definition) is 1. The van der Waals surface area contributed by atoms with Crippen molar-refractivity contribution in [1.29, 1.82) is 0 Å². The number of carbonyl (C=O) groups excluding carboxylic acids is 2. The summed E-state index contributed by atoms with van der Waals surface area (Å²) in [4.78, 5) is 29.3. The Labute approximate surface area is 191 Å². The highest BCUT2D eigenvalue weighted by atomic mass is 32.2. The third-order valence-corrected chi connectivity index (χ3v) is 6.53. The molecule has 0 saturated carbocycles. The van der Waals surface area contributed by atoms with Crippen LogP contribution in [0.3, 0.4) is 0 Å². The van der Waals surface area contributed by atoms with Crippen molar-refractivity contribution in [3.63, 3.8) is 0 Å². The molecule has 1 aromatic heterocycles. The standard InChI is InChI=1S/C25H22N2O5S/c1-27(33(2,30)31)21-15-9-7-13-19(21)25(29)32-16-22(28)23-18-12-6-8-14-20(18)26-24(23)17-10-4-3-5-11-17/h3-15,26H,16H2,1-2H3. The van der Waals surface area contributed by atoms with E-state index in [0.717, 1.165) is 27.0 Å². The monoisotopic (exact) mass is 462 g/mol. The Kier molecular flexibility index (Phi) is 6.02. The lowest BCUT2D eigenvalue weighted by atomic mass is 10.0. The van der Waals surface area contributed by atoms with Crippen molar-refractivity contribution in [2.45, 2.75) is 0 Å². The SMILES string of the molecule is CN(c1ccccc1C(=O)OCC(=O)c1c(-c2ccccc2)[nH]c2ccccc12)S(C)(=O)=O. The average molecular weight is 463 g/mol. The Morgan fingerprint density at radius 1 is 0.909 bits per heavy atom. The third-order valence-electron chi connectivity index (χ3n) is 5.34. The average Bonchev–Trinajstić information content (AvgIpc) is 3.21. The number of aromatic amines is 1. The van der Waals surface area contributed by atoms with E-state index >= 15 is 0 Å². The molecule has 0 fully saturated rings. The van der Waals surface area contributed by atoms with E-state index in [-0.39, 0.29) is 17.0 Å². The smallest absolute Gasteiger partial charge is 0.340 e. The van der Waals surface area contributed by atoms with E-state index in [1.807, 2.05) is 54.6 Å². The predicted molar refractivity (Wildman–Crippen MR) is 128 cm³/mol. The molecular weight excluding hydrogens is 440 g/mol. The van der Waals surface area contributed by atoms with Gasteiger partial charge in [0.2, 0.25) is 15.8 Å². The maximum Gasteiger partial charge on any atom is 0.340 e. The van der Waals surface area contributed by atoms with Crippen molar-refractivity contribution in [1.82, 2.24) is 4.98 Å². The minimum absolute atomic E-state index is 0.0560. The highest BCUT2D eigenvalue weighted by Crippen LogP contribution is 2.31. The zero-order valence-electron chi connectivity index (χ0n) is 18.1. The summed E-state index contributed by atoms with van der Waals surface area (Å²) in [6.45, 7) is -0.489. The first-order valence-electron chi connectivity index (χ1n) is 10.2. The van der Waals surface area contributed by atoms with Gasteiger partial charge in [-0.1, -0.05) is 60.7 Å². The summed E-state index contributed by atoms with van der Waals surface area (Å²) in [5.41, 5.74) is 2.95. The van der Waals surface area contributed by atoms with Gasteiger partial charge in [-0.25, -0.2) is 13.2 Å². The molecule has 0 bridgehead atoms. The maximum absolute atomic E-state index is 13.2. The number of esters is 1. The van der Waals surface area contributed by atoms with Gasteiger partial charge in [-0.15, -0.1) is 0 Å². The topological polar surface area (TPSA) is 96.5 Å². The Hall–Kier alpha value is -3.91. The summed E-state index contributed by atoms with van der Waals surface area (Å²) in [5.74, 6) is -1.15. The van der Waals surface area contributed by atoms with Crippen LogP contribution in [-0.2, 0) is 14.8 Å². The summed E-state index contributed by atoms with van der Waals surface area (Å²) in [7, 11) is -2.23. The number of H-pyrrole nitrogens is 1. The molecule has 1 heterocycles. The number of ketones is 1. The van der Waals surface area contributed by atoms with E-state index in [4.69, 9.17) is 4.74 Å². The van der Waals surface area contributed by atoms with Crippen molar-refractivity contribution >= 4 is 38.4 Å². The van der Waals surface area contributed by atoms with Crippen molar-refractivity contribution in [3.05, 3.63) is 90.0 Å².